The summed E-state index contributed by atoms with van der Waals surface area (Å²) in [4.78, 5) is 11.8. The zero-order valence-corrected chi connectivity index (χ0v) is 17.0. The lowest BCUT2D eigenvalue weighted by molar-refractivity contribution is -0.376. The van der Waals surface area contributed by atoms with E-state index in [4.69, 9.17) is 9.47 Å². The molecule has 0 spiro atoms. The third-order valence-electron chi connectivity index (χ3n) is 4.39. The van der Waals surface area contributed by atoms with Crippen LogP contribution in [0.2, 0.25) is 0 Å². The van der Waals surface area contributed by atoms with Gasteiger partial charge < -0.3 is 19.9 Å². The van der Waals surface area contributed by atoms with Gasteiger partial charge in [-0.1, -0.05) is 29.8 Å². The highest BCUT2D eigenvalue weighted by Crippen LogP contribution is 2.50. The molecule has 3 aromatic rings. The van der Waals surface area contributed by atoms with Crippen molar-refractivity contribution in [3.8, 4) is 17.8 Å². The van der Waals surface area contributed by atoms with E-state index in [2.05, 4.69) is 20.3 Å². The number of hydrogen-bond acceptors (Lipinski definition) is 7. The molecular weight excluding hydrogens is 458 g/mol. The first kappa shape index (κ1) is 24.0. The van der Waals surface area contributed by atoms with Gasteiger partial charge in [0.15, 0.2) is 0 Å². The Morgan fingerprint density at radius 3 is 1.85 bits per heavy atom. The fourth-order valence-corrected chi connectivity index (χ4v) is 2.65. The number of methoxy groups -OCH3 is 1. The molecule has 2 aromatic carbocycles. The Kier molecular flexibility index (Phi) is 6.36. The number of nitrogens with zero attached hydrogens (tertiary/aromatic N) is 3. The summed E-state index contributed by atoms with van der Waals surface area (Å²) in [5, 5.41) is 12.1. The van der Waals surface area contributed by atoms with E-state index in [0.29, 0.717) is 17.9 Å². The second kappa shape index (κ2) is 8.73. The van der Waals surface area contributed by atoms with Crippen molar-refractivity contribution in [1.82, 2.24) is 15.0 Å². The molecule has 13 heteroatoms. The minimum atomic E-state index is -5.98. The van der Waals surface area contributed by atoms with Gasteiger partial charge in [-0.2, -0.15) is 36.3 Å². The monoisotopic (exact) mass is 474 g/mol. The van der Waals surface area contributed by atoms with Crippen LogP contribution >= 0.6 is 0 Å². The molecule has 7 nitrogen and oxygen atoms in total. The van der Waals surface area contributed by atoms with Crippen LogP contribution < -0.4 is 14.8 Å². The van der Waals surface area contributed by atoms with Crippen molar-refractivity contribution >= 4 is 11.6 Å². The summed E-state index contributed by atoms with van der Waals surface area (Å²) in [7, 11) is 1.28. The van der Waals surface area contributed by atoms with E-state index in [-0.39, 0.29) is 23.7 Å². The van der Waals surface area contributed by atoms with Gasteiger partial charge in [0.25, 0.3) is 5.60 Å². The fraction of sp³-hybridized carbons (Fsp3) is 0.250. The third-order valence-corrected chi connectivity index (χ3v) is 4.39. The number of hydrogen-bond donors (Lipinski definition) is 2. The van der Waals surface area contributed by atoms with Gasteiger partial charge in [0, 0.05) is 11.3 Å². The molecule has 0 aliphatic rings. The molecule has 0 atom stereocenters. The van der Waals surface area contributed by atoms with Crippen LogP contribution in [-0.2, 0) is 5.60 Å². The van der Waals surface area contributed by atoms with Gasteiger partial charge in [-0.15, -0.1) is 4.98 Å². The molecule has 33 heavy (non-hydrogen) atoms. The van der Waals surface area contributed by atoms with E-state index < -0.39 is 23.5 Å². The number of ether oxygens (including phenoxy) is 2. The zero-order valence-electron chi connectivity index (χ0n) is 17.0. The molecule has 0 saturated heterocycles. The molecule has 3 rings (SSSR count). The van der Waals surface area contributed by atoms with Crippen LogP contribution in [0.4, 0.5) is 38.0 Å². The summed E-state index contributed by atoms with van der Waals surface area (Å²) in [5.74, 6) is 0.251. The number of rotatable bonds is 6. The SMILES string of the molecule is COc1nc(Nc2ccc(C(O)(C(F)(F)F)C(F)(F)F)cc2)nc(Oc2ccc(C)cc2)n1. The Balaban J connectivity index is 1.87. The predicted molar refractivity (Wildman–Crippen MR) is 103 cm³/mol. The van der Waals surface area contributed by atoms with Crippen LogP contribution in [0.25, 0.3) is 0 Å². The lowest BCUT2D eigenvalue weighted by atomic mass is 9.92. The average molecular weight is 474 g/mol. The molecule has 0 bridgehead atoms. The topological polar surface area (TPSA) is 89.4 Å². The molecule has 0 amide bonds. The lowest BCUT2D eigenvalue weighted by Crippen LogP contribution is -2.53. The number of aromatic nitrogens is 3. The summed E-state index contributed by atoms with van der Waals surface area (Å²) in [5.41, 5.74) is -5.40. The Hall–Kier alpha value is -3.61. The van der Waals surface area contributed by atoms with Crippen molar-refractivity contribution in [2.75, 3.05) is 12.4 Å². The average Bonchev–Trinajstić information content (AvgIpc) is 2.73. The van der Waals surface area contributed by atoms with E-state index in [1.807, 2.05) is 6.92 Å². The molecule has 2 N–H and O–H groups in total. The van der Waals surface area contributed by atoms with Crippen LogP contribution in [-0.4, -0.2) is 39.5 Å². The van der Waals surface area contributed by atoms with Crippen molar-refractivity contribution in [3.05, 3.63) is 59.7 Å². The molecule has 0 radical (unpaired) electrons. The highest BCUT2D eigenvalue weighted by atomic mass is 19.4. The van der Waals surface area contributed by atoms with Crippen molar-refractivity contribution in [2.24, 2.45) is 0 Å². The first-order valence-corrected chi connectivity index (χ1v) is 9.11. The Morgan fingerprint density at radius 2 is 1.33 bits per heavy atom. The molecule has 0 aliphatic carbocycles. The minimum absolute atomic E-state index is 0.0278. The number of nitrogens with one attached hydrogen (secondary N) is 1. The van der Waals surface area contributed by atoms with Crippen LogP contribution in [0.1, 0.15) is 11.1 Å². The van der Waals surface area contributed by atoms with Crippen molar-refractivity contribution in [2.45, 2.75) is 24.9 Å². The number of aliphatic hydroxyl groups is 1. The van der Waals surface area contributed by atoms with Gasteiger partial charge >= 0.3 is 24.4 Å². The second-order valence-electron chi connectivity index (χ2n) is 6.75. The highest BCUT2D eigenvalue weighted by molar-refractivity contribution is 5.54. The van der Waals surface area contributed by atoms with Crippen molar-refractivity contribution < 1.29 is 40.9 Å². The molecule has 0 fully saturated rings. The first-order chi connectivity index (χ1) is 15.3. The van der Waals surface area contributed by atoms with E-state index in [9.17, 15) is 31.4 Å². The normalized spacial score (nSPS) is 12.4. The maximum Gasteiger partial charge on any atom is 0.430 e. The Bertz CT molecular complexity index is 1090. The molecular formula is C20H16F6N4O3. The standard InChI is InChI=1S/C20H16F6N4O3/c1-11-3-9-14(10-4-11)33-17-29-15(28-16(30-17)32-2)27-13-7-5-12(6-8-13)18(31,19(21,22)23)20(24,25)26/h3-10,31H,1-2H3,(H,27,28,29,30). The zero-order chi connectivity index (χ0) is 24.4. The molecule has 176 valence electrons. The maximum absolute atomic E-state index is 13.0. The third kappa shape index (κ3) is 5.08. The fourth-order valence-electron chi connectivity index (χ4n) is 2.65. The minimum Gasteiger partial charge on any atom is -0.467 e. The van der Waals surface area contributed by atoms with Gasteiger partial charge in [-0.25, -0.2) is 0 Å². The maximum atomic E-state index is 13.0. The summed E-state index contributed by atoms with van der Waals surface area (Å²) in [6, 6.07) is 9.36. The molecule has 1 aromatic heterocycles. The van der Waals surface area contributed by atoms with E-state index >= 15 is 0 Å². The summed E-state index contributed by atoms with van der Waals surface area (Å²) in [6.45, 7) is 1.88. The Morgan fingerprint density at radius 1 is 0.788 bits per heavy atom. The van der Waals surface area contributed by atoms with Gasteiger partial charge in [0.05, 0.1) is 7.11 Å². The molecule has 1 heterocycles. The van der Waals surface area contributed by atoms with E-state index in [1.54, 1.807) is 24.3 Å². The van der Waals surface area contributed by atoms with Crippen LogP contribution in [0.3, 0.4) is 0 Å². The van der Waals surface area contributed by atoms with Gasteiger partial charge in [0.2, 0.25) is 5.95 Å². The summed E-state index contributed by atoms with van der Waals surface area (Å²) in [6.07, 6.45) is -12.0. The number of anilines is 2. The van der Waals surface area contributed by atoms with Crippen molar-refractivity contribution in [1.29, 1.82) is 0 Å². The van der Waals surface area contributed by atoms with E-state index in [0.717, 1.165) is 17.7 Å². The highest BCUT2D eigenvalue weighted by Gasteiger charge is 2.71. The van der Waals surface area contributed by atoms with Gasteiger partial charge in [-0.05, 0) is 31.2 Å². The predicted octanol–water partition coefficient (Wildman–Crippen LogP) is 5.04. The Labute approximate surface area is 183 Å². The molecule has 0 aliphatic heterocycles. The summed E-state index contributed by atoms with van der Waals surface area (Å²) < 4.78 is 88.6. The van der Waals surface area contributed by atoms with Crippen LogP contribution in [0.5, 0.6) is 17.8 Å². The largest absolute Gasteiger partial charge is 0.467 e. The number of aryl methyl sites for hydroxylation is 1. The van der Waals surface area contributed by atoms with E-state index in [1.165, 1.54) is 7.11 Å². The quantitative estimate of drug-likeness (QED) is 0.484. The lowest BCUT2D eigenvalue weighted by Gasteiger charge is -2.32. The second-order valence-corrected chi connectivity index (χ2v) is 6.75. The molecule has 0 unspecified atom stereocenters. The van der Waals surface area contributed by atoms with Gasteiger partial charge in [0.1, 0.15) is 5.75 Å². The smallest absolute Gasteiger partial charge is 0.430 e. The number of benzene rings is 2. The summed E-state index contributed by atoms with van der Waals surface area (Å²) >= 11 is 0. The van der Waals surface area contributed by atoms with Gasteiger partial charge in [-0.3, -0.25) is 0 Å². The number of halogens is 6. The van der Waals surface area contributed by atoms with Crippen LogP contribution in [0.15, 0.2) is 48.5 Å². The first-order valence-electron chi connectivity index (χ1n) is 9.11. The van der Waals surface area contributed by atoms with Crippen LogP contribution in [0, 0.1) is 6.92 Å². The number of alkyl halides is 6. The van der Waals surface area contributed by atoms with Crippen molar-refractivity contribution in [3.63, 3.8) is 0 Å². The molecule has 0 saturated carbocycles.